The smallest absolute Gasteiger partial charge is 0.159 e. The molecule has 1 aliphatic carbocycles. The second-order valence-electron chi connectivity index (χ2n) is 5.45. The number of halogens is 1. The van der Waals surface area contributed by atoms with Crippen LogP contribution in [-0.4, -0.2) is 22.6 Å². The van der Waals surface area contributed by atoms with E-state index in [1.54, 1.807) is 6.33 Å². The highest BCUT2D eigenvalue weighted by atomic mass is 79.9. The molecule has 5 nitrogen and oxygen atoms in total. The van der Waals surface area contributed by atoms with Crippen LogP contribution in [0, 0.1) is 5.92 Å². The third-order valence-electron chi connectivity index (χ3n) is 4.42. The molecule has 19 heavy (non-hydrogen) atoms. The number of rotatable bonds is 2. The molecule has 0 amide bonds. The Morgan fingerprint density at radius 3 is 2.84 bits per heavy atom. The van der Waals surface area contributed by atoms with Gasteiger partial charge in [0.25, 0.3) is 0 Å². The van der Waals surface area contributed by atoms with Gasteiger partial charge in [-0.15, -0.1) is 0 Å². The van der Waals surface area contributed by atoms with Crippen LogP contribution in [0.3, 0.4) is 0 Å². The summed E-state index contributed by atoms with van der Waals surface area (Å²) in [7, 11) is 0. The molecule has 0 bridgehead atoms. The number of nitrogens with two attached hydrogens (primary N) is 1. The number of hydrogen-bond donors (Lipinski definition) is 2. The van der Waals surface area contributed by atoms with E-state index in [0.29, 0.717) is 11.9 Å². The lowest BCUT2D eigenvalue weighted by Gasteiger charge is -2.45. The molecule has 1 aromatic rings. The third-order valence-corrected chi connectivity index (χ3v) is 5.15. The SMILES string of the molecule is NNc1ncnc(N2CCC[C@H]3CCCC[C@H]32)c1Br. The molecule has 0 unspecified atom stereocenters. The van der Waals surface area contributed by atoms with Crippen molar-refractivity contribution in [3.05, 3.63) is 10.8 Å². The van der Waals surface area contributed by atoms with Crippen molar-refractivity contribution in [2.24, 2.45) is 11.8 Å². The van der Waals surface area contributed by atoms with Gasteiger partial charge in [0.2, 0.25) is 0 Å². The number of piperidine rings is 1. The topological polar surface area (TPSA) is 67.1 Å². The molecule has 104 valence electrons. The van der Waals surface area contributed by atoms with Gasteiger partial charge in [0.15, 0.2) is 5.82 Å². The van der Waals surface area contributed by atoms with Crippen LogP contribution in [0.1, 0.15) is 38.5 Å². The minimum absolute atomic E-state index is 0.638. The molecule has 2 atom stereocenters. The first-order valence-electron chi connectivity index (χ1n) is 7.05. The van der Waals surface area contributed by atoms with Crippen LogP contribution >= 0.6 is 15.9 Å². The quantitative estimate of drug-likeness (QED) is 0.646. The van der Waals surface area contributed by atoms with Gasteiger partial charge in [-0.1, -0.05) is 12.8 Å². The van der Waals surface area contributed by atoms with Gasteiger partial charge in [-0.2, -0.15) is 0 Å². The van der Waals surface area contributed by atoms with Crippen molar-refractivity contribution in [1.29, 1.82) is 0 Å². The number of aromatic nitrogens is 2. The van der Waals surface area contributed by atoms with Gasteiger partial charge in [0.05, 0.1) is 0 Å². The van der Waals surface area contributed by atoms with Crippen molar-refractivity contribution < 1.29 is 0 Å². The van der Waals surface area contributed by atoms with Crippen LogP contribution in [0.15, 0.2) is 10.8 Å². The Bertz CT molecular complexity index is 451. The molecule has 1 aromatic heterocycles. The van der Waals surface area contributed by atoms with Crippen molar-refractivity contribution in [2.45, 2.75) is 44.6 Å². The van der Waals surface area contributed by atoms with Crippen LogP contribution in [0.25, 0.3) is 0 Å². The fraction of sp³-hybridized carbons (Fsp3) is 0.692. The molecule has 2 heterocycles. The molecule has 2 fully saturated rings. The maximum Gasteiger partial charge on any atom is 0.159 e. The summed E-state index contributed by atoms with van der Waals surface area (Å²) in [4.78, 5) is 11.1. The first kappa shape index (κ1) is 13.1. The van der Waals surface area contributed by atoms with Gasteiger partial charge in [-0.3, -0.25) is 0 Å². The molecule has 0 radical (unpaired) electrons. The second kappa shape index (κ2) is 5.63. The number of hydrogen-bond acceptors (Lipinski definition) is 5. The van der Waals surface area contributed by atoms with E-state index in [-0.39, 0.29) is 0 Å². The Kier molecular flexibility index (Phi) is 3.88. The summed E-state index contributed by atoms with van der Waals surface area (Å²) >= 11 is 3.58. The number of fused-ring (bicyclic) bond motifs is 1. The van der Waals surface area contributed by atoms with Gasteiger partial charge >= 0.3 is 0 Å². The lowest BCUT2D eigenvalue weighted by atomic mass is 9.78. The first-order valence-corrected chi connectivity index (χ1v) is 7.84. The lowest BCUT2D eigenvalue weighted by molar-refractivity contribution is 0.242. The summed E-state index contributed by atoms with van der Waals surface area (Å²) in [5.41, 5.74) is 2.62. The van der Waals surface area contributed by atoms with Crippen LogP contribution in [-0.2, 0) is 0 Å². The van der Waals surface area contributed by atoms with E-state index in [0.717, 1.165) is 22.8 Å². The van der Waals surface area contributed by atoms with E-state index in [4.69, 9.17) is 5.84 Å². The summed E-state index contributed by atoms with van der Waals surface area (Å²) in [5.74, 6) is 7.97. The largest absolute Gasteiger partial charge is 0.352 e. The van der Waals surface area contributed by atoms with Crippen molar-refractivity contribution in [3.8, 4) is 0 Å². The molecule has 3 N–H and O–H groups in total. The van der Waals surface area contributed by atoms with Crippen molar-refractivity contribution >= 4 is 27.6 Å². The Balaban J connectivity index is 1.91. The maximum atomic E-state index is 5.49. The van der Waals surface area contributed by atoms with Gasteiger partial charge in [0, 0.05) is 12.6 Å². The van der Waals surface area contributed by atoms with Crippen LogP contribution in [0.2, 0.25) is 0 Å². The second-order valence-corrected chi connectivity index (χ2v) is 6.24. The predicted molar refractivity (Wildman–Crippen MR) is 79.9 cm³/mol. The molecule has 6 heteroatoms. The summed E-state index contributed by atoms with van der Waals surface area (Å²) in [6.45, 7) is 1.08. The summed E-state index contributed by atoms with van der Waals surface area (Å²) in [6.07, 6.45) is 9.58. The zero-order valence-corrected chi connectivity index (χ0v) is 12.6. The number of anilines is 2. The lowest BCUT2D eigenvalue weighted by Crippen LogP contribution is -2.47. The summed E-state index contributed by atoms with van der Waals surface area (Å²) in [6, 6.07) is 0.638. The van der Waals surface area contributed by atoms with E-state index in [1.165, 1.54) is 38.5 Å². The molecular formula is C13H20BrN5. The van der Waals surface area contributed by atoms with Crippen molar-refractivity contribution in [1.82, 2.24) is 9.97 Å². The van der Waals surface area contributed by atoms with Crippen LogP contribution in [0.4, 0.5) is 11.6 Å². The Morgan fingerprint density at radius 1 is 1.21 bits per heavy atom. The van der Waals surface area contributed by atoms with Gasteiger partial charge in [-0.25, -0.2) is 15.8 Å². The maximum absolute atomic E-state index is 5.49. The van der Waals surface area contributed by atoms with Crippen LogP contribution in [0.5, 0.6) is 0 Å². The standard InChI is InChI=1S/C13H20BrN5/c14-11-12(18-15)16-8-17-13(11)19-7-3-5-9-4-1-2-6-10(9)19/h8-10H,1-7,15H2,(H,16,17,18)/t9-,10-/m1/s1. The predicted octanol–water partition coefficient (Wildman–Crippen LogP) is 2.68. The van der Waals surface area contributed by atoms with Crippen molar-refractivity contribution in [3.63, 3.8) is 0 Å². The van der Waals surface area contributed by atoms with E-state index in [9.17, 15) is 0 Å². The Morgan fingerprint density at radius 2 is 2.00 bits per heavy atom. The fourth-order valence-electron chi connectivity index (χ4n) is 3.55. The van der Waals surface area contributed by atoms with Gasteiger partial charge < -0.3 is 10.3 Å². The minimum atomic E-state index is 0.638. The highest BCUT2D eigenvalue weighted by molar-refractivity contribution is 9.10. The molecule has 3 rings (SSSR count). The zero-order valence-electron chi connectivity index (χ0n) is 11.0. The van der Waals surface area contributed by atoms with Gasteiger partial charge in [0.1, 0.15) is 16.6 Å². The Labute approximate surface area is 122 Å². The number of hydrazine groups is 1. The van der Waals surface area contributed by atoms with E-state index in [2.05, 4.69) is 36.2 Å². The Hall–Kier alpha value is -0.880. The average Bonchev–Trinajstić information content (AvgIpc) is 2.47. The van der Waals surface area contributed by atoms with Crippen molar-refractivity contribution in [2.75, 3.05) is 16.9 Å². The number of nitrogens with one attached hydrogen (secondary N) is 1. The molecular weight excluding hydrogens is 306 g/mol. The van der Waals surface area contributed by atoms with E-state index >= 15 is 0 Å². The molecule has 2 aliphatic rings. The van der Waals surface area contributed by atoms with E-state index in [1.807, 2.05) is 0 Å². The molecule has 1 saturated heterocycles. The van der Waals surface area contributed by atoms with Gasteiger partial charge in [-0.05, 0) is 47.5 Å². The number of nitrogen functional groups attached to an aromatic ring is 1. The monoisotopic (exact) mass is 325 g/mol. The summed E-state index contributed by atoms with van der Waals surface area (Å²) < 4.78 is 0.878. The molecule has 1 aliphatic heterocycles. The normalized spacial score (nSPS) is 26.9. The fourth-order valence-corrected chi connectivity index (χ4v) is 4.10. The third kappa shape index (κ3) is 2.43. The van der Waals surface area contributed by atoms with Crippen LogP contribution < -0.4 is 16.2 Å². The highest BCUT2D eigenvalue weighted by Crippen LogP contribution is 2.40. The average molecular weight is 326 g/mol. The summed E-state index contributed by atoms with van der Waals surface area (Å²) in [5, 5.41) is 0. The zero-order chi connectivity index (χ0) is 13.2. The molecule has 1 saturated carbocycles. The molecule has 0 spiro atoms. The number of nitrogens with zero attached hydrogens (tertiary/aromatic N) is 3. The van der Waals surface area contributed by atoms with E-state index < -0.39 is 0 Å². The minimum Gasteiger partial charge on any atom is -0.352 e. The highest BCUT2D eigenvalue weighted by Gasteiger charge is 2.34. The first-order chi connectivity index (χ1) is 9.31. The molecule has 0 aromatic carbocycles.